The van der Waals surface area contributed by atoms with Gasteiger partial charge in [-0.1, -0.05) is 32.0 Å². The van der Waals surface area contributed by atoms with E-state index in [0.29, 0.717) is 5.82 Å². The summed E-state index contributed by atoms with van der Waals surface area (Å²) >= 11 is 2.05. The van der Waals surface area contributed by atoms with Crippen molar-refractivity contribution in [2.45, 2.75) is 46.1 Å². The number of nitrogens with two attached hydrogens (primary N) is 1. The number of anilines is 1. The lowest BCUT2D eigenvalue weighted by atomic mass is 10.2. The molecule has 5 heteroatoms. The molecular weight excluding hydrogens is 316 g/mol. The summed E-state index contributed by atoms with van der Waals surface area (Å²) in [6, 6.07) is 8.21. The molecule has 3 rings (SSSR count). The van der Waals surface area contributed by atoms with Crippen LogP contribution in [0, 0.1) is 0 Å². The maximum Gasteiger partial charge on any atom is 0.152 e. The number of nitrogen functional groups attached to an aromatic ring is 1. The van der Waals surface area contributed by atoms with Crippen LogP contribution in [0.1, 0.15) is 38.9 Å². The van der Waals surface area contributed by atoms with Crippen molar-refractivity contribution >= 4 is 39.5 Å². The van der Waals surface area contributed by atoms with E-state index in [-0.39, 0.29) is 0 Å². The topological polar surface area (TPSA) is 56.7 Å². The Labute approximate surface area is 147 Å². The normalized spacial score (nSPS) is 11.6. The SMILES string of the molecule is CCCSCCCCn1c(CC)nc2c(N)nc3ccccc3c21. The maximum atomic E-state index is 6.18. The van der Waals surface area contributed by atoms with Crippen LogP contribution in [0.2, 0.25) is 0 Å². The highest BCUT2D eigenvalue weighted by molar-refractivity contribution is 7.99. The Bertz CT molecular complexity index is 825. The molecule has 0 aliphatic rings. The molecule has 0 spiro atoms. The zero-order valence-electron chi connectivity index (χ0n) is 14.6. The van der Waals surface area contributed by atoms with Crippen LogP contribution in [0.5, 0.6) is 0 Å². The Kier molecular flexibility index (Phi) is 5.61. The minimum Gasteiger partial charge on any atom is -0.382 e. The van der Waals surface area contributed by atoms with E-state index in [0.717, 1.165) is 40.7 Å². The van der Waals surface area contributed by atoms with Gasteiger partial charge in [-0.15, -0.1) is 0 Å². The van der Waals surface area contributed by atoms with Crippen molar-refractivity contribution in [1.82, 2.24) is 14.5 Å². The second kappa shape index (κ2) is 7.88. The van der Waals surface area contributed by atoms with Crippen LogP contribution in [-0.2, 0) is 13.0 Å². The van der Waals surface area contributed by atoms with Gasteiger partial charge in [-0.05, 0) is 36.8 Å². The van der Waals surface area contributed by atoms with Gasteiger partial charge in [0.1, 0.15) is 11.3 Å². The summed E-state index contributed by atoms with van der Waals surface area (Å²) in [5.41, 5.74) is 9.13. The molecule has 0 aliphatic carbocycles. The quantitative estimate of drug-likeness (QED) is 0.605. The van der Waals surface area contributed by atoms with Crippen molar-refractivity contribution in [2.24, 2.45) is 0 Å². The van der Waals surface area contributed by atoms with Gasteiger partial charge in [0, 0.05) is 18.4 Å². The summed E-state index contributed by atoms with van der Waals surface area (Å²) < 4.78 is 2.36. The number of rotatable bonds is 8. The molecule has 2 aromatic heterocycles. The highest BCUT2D eigenvalue weighted by Gasteiger charge is 2.15. The number of aromatic nitrogens is 3. The highest BCUT2D eigenvalue weighted by Crippen LogP contribution is 2.29. The van der Waals surface area contributed by atoms with Gasteiger partial charge in [0.25, 0.3) is 0 Å². The second-order valence-electron chi connectivity index (χ2n) is 6.06. The molecule has 0 atom stereocenters. The van der Waals surface area contributed by atoms with Crippen molar-refractivity contribution in [3.8, 4) is 0 Å². The molecular formula is C19H26N4S. The van der Waals surface area contributed by atoms with E-state index < -0.39 is 0 Å². The summed E-state index contributed by atoms with van der Waals surface area (Å²) in [7, 11) is 0. The van der Waals surface area contributed by atoms with Crippen LogP contribution < -0.4 is 5.73 Å². The van der Waals surface area contributed by atoms with Gasteiger partial charge in [0.05, 0.1) is 11.0 Å². The van der Waals surface area contributed by atoms with Crippen LogP contribution in [0.15, 0.2) is 24.3 Å². The van der Waals surface area contributed by atoms with Gasteiger partial charge in [0.2, 0.25) is 0 Å². The Morgan fingerprint density at radius 3 is 2.71 bits per heavy atom. The first-order valence-corrected chi connectivity index (χ1v) is 10.0. The van der Waals surface area contributed by atoms with Gasteiger partial charge >= 0.3 is 0 Å². The van der Waals surface area contributed by atoms with Gasteiger partial charge in [-0.3, -0.25) is 0 Å². The molecule has 3 aromatic rings. The van der Waals surface area contributed by atoms with Gasteiger partial charge in [-0.25, -0.2) is 9.97 Å². The molecule has 0 saturated carbocycles. The van der Waals surface area contributed by atoms with Crippen LogP contribution in [0.4, 0.5) is 5.82 Å². The molecule has 0 unspecified atom stereocenters. The molecule has 1 aromatic carbocycles. The van der Waals surface area contributed by atoms with Gasteiger partial charge < -0.3 is 10.3 Å². The van der Waals surface area contributed by atoms with Crippen molar-refractivity contribution in [1.29, 1.82) is 0 Å². The van der Waals surface area contributed by atoms with Gasteiger partial charge in [-0.2, -0.15) is 11.8 Å². The molecule has 4 nitrogen and oxygen atoms in total. The maximum absolute atomic E-state index is 6.18. The Hall–Kier alpha value is -1.75. The Balaban J connectivity index is 1.93. The van der Waals surface area contributed by atoms with E-state index >= 15 is 0 Å². The summed E-state index contributed by atoms with van der Waals surface area (Å²) in [6.45, 7) is 5.39. The van der Waals surface area contributed by atoms with Crippen molar-refractivity contribution in [3.05, 3.63) is 30.1 Å². The minimum absolute atomic E-state index is 0.538. The summed E-state index contributed by atoms with van der Waals surface area (Å²) in [5.74, 6) is 4.15. The molecule has 0 amide bonds. The zero-order chi connectivity index (χ0) is 16.9. The van der Waals surface area contributed by atoms with E-state index in [1.54, 1.807) is 0 Å². The van der Waals surface area contributed by atoms with E-state index in [4.69, 9.17) is 10.7 Å². The molecule has 0 radical (unpaired) electrons. The molecule has 0 aliphatic heterocycles. The summed E-state index contributed by atoms with van der Waals surface area (Å²) in [4.78, 5) is 9.30. The number of para-hydroxylation sites is 1. The molecule has 0 bridgehead atoms. The lowest BCUT2D eigenvalue weighted by Crippen LogP contribution is -2.04. The number of thioether (sulfide) groups is 1. The largest absolute Gasteiger partial charge is 0.382 e. The highest BCUT2D eigenvalue weighted by atomic mass is 32.2. The minimum atomic E-state index is 0.538. The third-order valence-electron chi connectivity index (χ3n) is 4.27. The number of unbranched alkanes of at least 4 members (excludes halogenated alkanes) is 1. The number of benzene rings is 1. The van der Waals surface area contributed by atoms with Crippen molar-refractivity contribution in [3.63, 3.8) is 0 Å². The molecule has 0 saturated heterocycles. The fraction of sp³-hybridized carbons (Fsp3) is 0.474. The van der Waals surface area contributed by atoms with Crippen molar-refractivity contribution in [2.75, 3.05) is 17.2 Å². The van der Waals surface area contributed by atoms with Gasteiger partial charge in [0.15, 0.2) is 5.82 Å². The van der Waals surface area contributed by atoms with E-state index in [1.165, 1.54) is 30.8 Å². The second-order valence-corrected chi connectivity index (χ2v) is 7.29. The number of imidazole rings is 1. The Morgan fingerprint density at radius 1 is 1.08 bits per heavy atom. The van der Waals surface area contributed by atoms with E-state index in [9.17, 15) is 0 Å². The molecule has 128 valence electrons. The van der Waals surface area contributed by atoms with Crippen LogP contribution in [0.25, 0.3) is 21.9 Å². The number of nitrogens with zero attached hydrogens (tertiary/aromatic N) is 3. The van der Waals surface area contributed by atoms with Crippen LogP contribution in [-0.4, -0.2) is 26.0 Å². The van der Waals surface area contributed by atoms with Crippen LogP contribution in [0.3, 0.4) is 0 Å². The molecule has 2 heterocycles. The lowest BCUT2D eigenvalue weighted by Gasteiger charge is -2.10. The first-order valence-electron chi connectivity index (χ1n) is 8.87. The van der Waals surface area contributed by atoms with Crippen LogP contribution >= 0.6 is 11.8 Å². The fourth-order valence-corrected chi connectivity index (χ4v) is 4.04. The summed E-state index contributed by atoms with van der Waals surface area (Å²) in [6.07, 6.45) is 4.58. The number of hydrogen-bond acceptors (Lipinski definition) is 4. The predicted molar refractivity (Wildman–Crippen MR) is 106 cm³/mol. The third kappa shape index (κ3) is 3.36. The lowest BCUT2D eigenvalue weighted by molar-refractivity contribution is 0.623. The number of aryl methyl sites for hydroxylation is 2. The van der Waals surface area contributed by atoms with E-state index in [1.807, 2.05) is 12.1 Å². The number of pyridine rings is 1. The average Bonchev–Trinajstić information content (AvgIpc) is 2.98. The smallest absolute Gasteiger partial charge is 0.152 e. The van der Waals surface area contributed by atoms with Crippen molar-refractivity contribution < 1.29 is 0 Å². The van der Waals surface area contributed by atoms with E-state index in [2.05, 4.69) is 47.3 Å². The first-order chi connectivity index (χ1) is 11.8. The third-order valence-corrected chi connectivity index (χ3v) is 5.55. The standard InChI is InChI=1S/C19H26N4S/c1-3-12-24-13-8-7-11-23-16(4-2)22-17-18(23)14-9-5-6-10-15(14)21-19(17)20/h5-6,9-10H,3-4,7-8,11-13H2,1-2H3,(H2,20,21). The monoisotopic (exact) mass is 342 g/mol. The average molecular weight is 343 g/mol. The summed E-state index contributed by atoms with van der Waals surface area (Å²) in [5, 5.41) is 1.15. The Morgan fingerprint density at radius 2 is 1.92 bits per heavy atom. The first kappa shape index (κ1) is 17.1. The predicted octanol–water partition coefficient (Wildman–Crippen LogP) is 4.65. The molecule has 2 N–H and O–H groups in total. The number of fused-ring (bicyclic) bond motifs is 3. The molecule has 24 heavy (non-hydrogen) atoms. The fourth-order valence-electron chi connectivity index (χ4n) is 3.14. The zero-order valence-corrected chi connectivity index (χ0v) is 15.4. The number of hydrogen-bond donors (Lipinski definition) is 1. The molecule has 0 fully saturated rings.